The third kappa shape index (κ3) is 5.27. The molecule has 0 spiro atoms. The fourth-order valence-electron chi connectivity index (χ4n) is 2.05. The van der Waals surface area contributed by atoms with E-state index in [9.17, 15) is 0 Å². The van der Waals surface area contributed by atoms with Crippen LogP contribution in [0.5, 0.6) is 0 Å². The molecule has 0 aliphatic carbocycles. The van der Waals surface area contributed by atoms with Crippen molar-refractivity contribution in [1.29, 1.82) is 0 Å². The zero-order valence-electron chi connectivity index (χ0n) is 15.1. The van der Waals surface area contributed by atoms with Crippen molar-refractivity contribution in [2.75, 3.05) is 13.2 Å². The fraction of sp³-hybridized carbons (Fsp3) is 1.00. The molecule has 0 bridgehead atoms. The molecule has 2 heterocycles. The lowest BCUT2D eigenvalue weighted by Gasteiger charge is -2.32. The number of rotatable bonds is 2. The molecule has 0 radical (unpaired) electrons. The van der Waals surface area contributed by atoms with Crippen LogP contribution < -0.4 is 0 Å². The highest BCUT2D eigenvalue weighted by atomic mass is 16.7. The van der Waals surface area contributed by atoms with Gasteiger partial charge < -0.3 is 18.6 Å². The number of hydrogen-bond acceptors (Lipinski definition) is 4. The topological polar surface area (TPSA) is 36.9 Å². The Labute approximate surface area is 131 Å². The molecule has 0 saturated carbocycles. The van der Waals surface area contributed by atoms with Crippen molar-refractivity contribution >= 4 is 14.2 Å². The molecule has 0 aromatic heterocycles. The Morgan fingerprint density at radius 3 is 1.33 bits per heavy atom. The molecule has 2 saturated heterocycles. The largest absolute Gasteiger partial charge is 0.460 e. The van der Waals surface area contributed by atoms with Gasteiger partial charge in [-0.05, 0) is 45.8 Å². The molecule has 2 fully saturated rings. The molecule has 0 unspecified atom stereocenters. The van der Waals surface area contributed by atoms with Crippen LogP contribution >= 0.6 is 0 Å². The van der Waals surface area contributed by atoms with Crippen molar-refractivity contribution in [3.8, 4) is 0 Å². The smallest absolute Gasteiger partial charge is 0.411 e. The summed E-state index contributed by atoms with van der Waals surface area (Å²) in [5, 5.41) is 0. The van der Waals surface area contributed by atoms with Crippen molar-refractivity contribution in [2.24, 2.45) is 0 Å². The molecule has 21 heavy (non-hydrogen) atoms. The van der Waals surface area contributed by atoms with Crippen LogP contribution in [0, 0.1) is 0 Å². The Morgan fingerprint density at radius 2 is 1.10 bits per heavy atom. The molecule has 2 rings (SSSR count). The summed E-state index contributed by atoms with van der Waals surface area (Å²) in [6, 6.07) is 0. The van der Waals surface area contributed by atoms with E-state index in [4.69, 9.17) is 18.6 Å². The summed E-state index contributed by atoms with van der Waals surface area (Å²) in [5.74, 6) is 0.913. The fourth-order valence-corrected chi connectivity index (χ4v) is 2.05. The first-order valence-corrected chi connectivity index (χ1v) is 8.15. The van der Waals surface area contributed by atoms with Crippen molar-refractivity contribution in [3.05, 3.63) is 0 Å². The van der Waals surface area contributed by atoms with E-state index >= 15 is 0 Å². The van der Waals surface area contributed by atoms with E-state index in [0.29, 0.717) is 11.6 Å². The summed E-state index contributed by atoms with van der Waals surface area (Å²) in [4.78, 5) is 0. The third-order valence-corrected chi connectivity index (χ3v) is 4.21. The second-order valence-electron chi connectivity index (χ2n) is 7.58. The highest BCUT2D eigenvalue weighted by Crippen LogP contribution is 2.39. The van der Waals surface area contributed by atoms with Gasteiger partial charge in [-0.1, -0.05) is 27.7 Å². The summed E-state index contributed by atoms with van der Waals surface area (Å²) in [7, 11) is 0.00810. The zero-order valence-corrected chi connectivity index (χ0v) is 15.1. The highest BCUT2D eigenvalue weighted by molar-refractivity contribution is 6.47. The number of hydrogen-bond donors (Lipinski definition) is 0. The first-order chi connectivity index (χ1) is 9.57. The van der Waals surface area contributed by atoms with Crippen LogP contribution in [-0.2, 0) is 18.6 Å². The maximum absolute atomic E-state index is 5.80. The van der Waals surface area contributed by atoms with Crippen LogP contribution in [0.25, 0.3) is 0 Å². The molecule has 0 N–H and O–H groups in total. The first kappa shape index (κ1) is 19.0. The van der Waals surface area contributed by atoms with Gasteiger partial charge in [0.1, 0.15) is 0 Å². The van der Waals surface area contributed by atoms with E-state index < -0.39 is 0 Å². The minimum atomic E-state index is -0.179. The lowest BCUT2D eigenvalue weighted by molar-refractivity contribution is 0.00578. The minimum Gasteiger partial charge on any atom is -0.411 e. The standard InChI is InChI=1S/C9H19BO2.C6H13BO2/c1-7(2)10-11-8(3,4)9(5,6)12-10;1-6(2)7-8-4-3-5-9-7/h7H,1-6H3;6H,3-5H2,1-2H3. The summed E-state index contributed by atoms with van der Waals surface area (Å²) in [6.45, 7) is 18.5. The molecule has 0 amide bonds. The summed E-state index contributed by atoms with van der Waals surface area (Å²) >= 11 is 0. The van der Waals surface area contributed by atoms with Crippen LogP contribution in [0.15, 0.2) is 0 Å². The van der Waals surface area contributed by atoms with E-state index in [1.807, 2.05) is 0 Å². The van der Waals surface area contributed by atoms with Gasteiger partial charge in [0, 0.05) is 13.2 Å². The van der Waals surface area contributed by atoms with Crippen molar-refractivity contribution in [3.63, 3.8) is 0 Å². The molecule has 2 aliphatic heterocycles. The van der Waals surface area contributed by atoms with Gasteiger partial charge in [0.15, 0.2) is 0 Å². The van der Waals surface area contributed by atoms with Crippen LogP contribution in [0.2, 0.25) is 11.6 Å². The average Bonchev–Trinajstić information content (AvgIpc) is 2.60. The summed E-state index contributed by atoms with van der Waals surface area (Å²) in [6.07, 6.45) is 1.04. The summed E-state index contributed by atoms with van der Waals surface area (Å²) in [5.41, 5.74) is -0.357. The lowest BCUT2D eigenvalue weighted by Crippen LogP contribution is -2.41. The van der Waals surface area contributed by atoms with Gasteiger partial charge >= 0.3 is 14.2 Å². The molecule has 0 aromatic rings. The van der Waals surface area contributed by atoms with Crippen molar-refractivity contribution in [1.82, 2.24) is 0 Å². The van der Waals surface area contributed by atoms with Gasteiger partial charge in [0.2, 0.25) is 0 Å². The SMILES string of the molecule is CC(C)B1OC(C)(C)C(C)(C)O1.CC(C)B1OCCCO1. The van der Waals surface area contributed by atoms with E-state index in [1.54, 1.807) is 0 Å². The molecular weight excluding hydrogens is 266 g/mol. The third-order valence-electron chi connectivity index (χ3n) is 4.21. The maximum Gasteiger partial charge on any atom is 0.460 e. The van der Waals surface area contributed by atoms with Gasteiger partial charge in [0.25, 0.3) is 0 Å². The molecule has 122 valence electrons. The molecule has 4 nitrogen and oxygen atoms in total. The Balaban J connectivity index is 0.000000219. The second kappa shape index (κ2) is 7.49. The predicted octanol–water partition coefficient (Wildman–Crippen LogP) is 3.81. The average molecular weight is 298 g/mol. The Morgan fingerprint density at radius 1 is 0.714 bits per heavy atom. The van der Waals surface area contributed by atoms with Gasteiger partial charge in [-0.3, -0.25) is 0 Å². The lowest BCUT2D eigenvalue weighted by atomic mass is 9.74. The molecule has 0 atom stereocenters. The zero-order chi connectivity index (χ0) is 16.3. The monoisotopic (exact) mass is 298 g/mol. The second-order valence-corrected chi connectivity index (χ2v) is 7.58. The van der Waals surface area contributed by atoms with E-state index in [-0.39, 0.29) is 25.4 Å². The first-order valence-electron chi connectivity index (χ1n) is 8.15. The molecule has 6 heteroatoms. The van der Waals surface area contributed by atoms with E-state index in [2.05, 4.69) is 55.4 Å². The molecule has 2 aliphatic rings. The summed E-state index contributed by atoms with van der Waals surface area (Å²) < 4.78 is 22.2. The highest BCUT2D eigenvalue weighted by Gasteiger charge is 2.51. The van der Waals surface area contributed by atoms with Crippen LogP contribution in [0.3, 0.4) is 0 Å². The normalized spacial score (nSPS) is 24.3. The Hall–Kier alpha value is -0.0301. The van der Waals surface area contributed by atoms with Crippen LogP contribution in [-0.4, -0.2) is 38.7 Å². The quantitative estimate of drug-likeness (QED) is 0.726. The molecular formula is C15H32B2O4. The van der Waals surface area contributed by atoms with E-state index in [1.165, 1.54) is 0 Å². The van der Waals surface area contributed by atoms with Gasteiger partial charge in [-0.15, -0.1) is 0 Å². The van der Waals surface area contributed by atoms with Gasteiger partial charge in [-0.25, -0.2) is 0 Å². The van der Waals surface area contributed by atoms with Crippen LogP contribution in [0.1, 0.15) is 61.8 Å². The Kier molecular flexibility index (Phi) is 6.79. The van der Waals surface area contributed by atoms with Gasteiger partial charge in [-0.2, -0.15) is 0 Å². The van der Waals surface area contributed by atoms with Crippen molar-refractivity contribution in [2.45, 2.75) is 84.6 Å². The van der Waals surface area contributed by atoms with Crippen molar-refractivity contribution < 1.29 is 18.6 Å². The van der Waals surface area contributed by atoms with Gasteiger partial charge in [0.05, 0.1) is 11.2 Å². The molecule has 0 aromatic carbocycles. The Bertz CT molecular complexity index is 297. The maximum atomic E-state index is 5.80. The predicted molar refractivity (Wildman–Crippen MR) is 88.6 cm³/mol. The van der Waals surface area contributed by atoms with Crippen LogP contribution in [0.4, 0.5) is 0 Å². The van der Waals surface area contributed by atoms with E-state index in [0.717, 1.165) is 19.6 Å². The minimum absolute atomic E-state index is 0.0463.